The quantitative estimate of drug-likeness (QED) is 0.446. The summed E-state index contributed by atoms with van der Waals surface area (Å²) in [6.45, 7) is 0. The van der Waals surface area contributed by atoms with Crippen LogP contribution in [0.3, 0.4) is 0 Å². The van der Waals surface area contributed by atoms with E-state index in [1.54, 1.807) is 11.3 Å². The standard InChI is InChI=1S/C22H19ClN6OS/c23-16-5-1-3-14(9-16)10-21-25-18(13-31-21)12-20(30)24-17-6-2-4-15(11-17)22-26-27-28-29(22)19-7-8-19/h1-6,9,11,13,19H,7-8,10,12H2,(H,24,30). The molecular weight excluding hydrogens is 432 g/mol. The number of aromatic nitrogens is 5. The number of anilines is 1. The van der Waals surface area contributed by atoms with E-state index in [2.05, 4.69) is 25.8 Å². The molecule has 1 fully saturated rings. The molecule has 0 bridgehead atoms. The molecule has 0 unspecified atom stereocenters. The van der Waals surface area contributed by atoms with E-state index >= 15 is 0 Å². The Bertz CT molecular complexity index is 1230. The zero-order valence-electron chi connectivity index (χ0n) is 16.5. The maximum Gasteiger partial charge on any atom is 0.230 e. The van der Waals surface area contributed by atoms with Gasteiger partial charge >= 0.3 is 0 Å². The highest BCUT2D eigenvalue weighted by atomic mass is 35.5. The van der Waals surface area contributed by atoms with Crippen LogP contribution in [0, 0.1) is 0 Å². The maximum absolute atomic E-state index is 12.6. The number of carbonyl (C=O) groups is 1. The van der Waals surface area contributed by atoms with Gasteiger partial charge < -0.3 is 5.32 Å². The average Bonchev–Trinajstić information content (AvgIpc) is 3.31. The third-order valence-electron chi connectivity index (χ3n) is 4.98. The number of nitrogens with zero attached hydrogens (tertiary/aromatic N) is 5. The second kappa shape index (κ2) is 8.56. The summed E-state index contributed by atoms with van der Waals surface area (Å²) in [7, 11) is 0. The van der Waals surface area contributed by atoms with Gasteiger partial charge in [-0.2, -0.15) is 0 Å². The van der Waals surface area contributed by atoms with Gasteiger partial charge in [-0.1, -0.05) is 35.9 Å². The van der Waals surface area contributed by atoms with E-state index < -0.39 is 0 Å². The summed E-state index contributed by atoms with van der Waals surface area (Å²) in [5, 5.41) is 18.6. The van der Waals surface area contributed by atoms with Crippen LogP contribution in [0.5, 0.6) is 0 Å². The fourth-order valence-corrected chi connectivity index (χ4v) is 4.43. The minimum absolute atomic E-state index is 0.112. The van der Waals surface area contributed by atoms with Gasteiger partial charge in [0.25, 0.3) is 0 Å². The Morgan fingerprint density at radius 3 is 2.90 bits per heavy atom. The van der Waals surface area contributed by atoms with Crippen LogP contribution in [0.4, 0.5) is 5.69 Å². The molecule has 9 heteroatoms. The van der Waals surface area contributed by atoms with Gasteiger partial charge in [-0.05, 0) is 53.1 Å². The number of rotatable bonds is 7. The van der Waals surface area contributed by atoms with Crippen LogP contribution < -0.4 is 5.32 Å². The van der Waals surface area contributed by atoms with E-state index in [-0.39, 0.29) is 12.3 Å². The molecule has 2 aromatic carbocycles. The molecule has 1 aliphatic rings. The first-order chi connectivity index (χ1) is 15.1. The van der Waals surface area contributed by atoms with E-state index in [0.717, 1.165) is 40.5 Å². The number of halogens is 1. The van der Waals surface area contributed by atoms with Crippen LogP contribution in [-0.4, -0.2) is 31.1 Å². The molecule has 156 valence electrons. The monoisotopic (exact) mass is 450 g/mol. The van der Waals surface area contributed by atoms with Crippen LogP contribution in [0.25, 0.3) is 11.4 Å². The molecular formula is C22H19ClN6OS. The van der Waals surface area contributed by atoms with E-state index in [0.29, 0.717) is 23.2 Å². The summed E-state index contributed by atoms with van der Waals surface area (Å²) < 4.78 is 1.86. The van der Waals surface area contributed by atoms with Gasteiger partial charge in [-0.3, -0.25) is 4.79 Å². The van der Waals surface area contributed by atoms with Gasteiger partial charge in [0.15, 0.2) is 5.82 Å². The molecule has 7 nitrogen and oxygen atoms in total. The number of benzene rings is 2. The van der Waals surface area contributed by atoms with E-state index in [1.165, 1.54) is 0 Å². The summed E-state index contributed by atoms with van der Waals surface area (Å²) in [4.78, 5) is 17.2. The Balaban J connectivity index is 1.23. The van der Waals surface area contributed by atoms with Crippen molar-refractivity contribution < 1.29 is 4.79 Å². The molecule has 0 saturated heterocycles. The molecule has 0 radical (unpaired) electrons. The lowest BCUT2D eigenvalue weighted by Gasteiger charge is -2.07. The summed E-state index contributed by atoms with van der Waals surface area (Å²) >= 11 is 7.60. The van der Waals surface area contributed by atoms with Crippen molar-refractivity contribution >= 4 is 34.5 Å². The fourth-order valence-electron chi connectivity index (χ4n) is 3.39. The first-order valence-electron chi connectivity index (χ1n) is 10.00. The third-order valence-corrected chi connectivity index (χ3v) is 6.11. The molecule has 2 heterocycles. The van der Waals surface area contributed by atoms with Gasteiger partial charge in [0.1, 0.15) is 0 Å². The van der Waals surface area contributed by atoms with E-state index in [4.69, 9.17) is 11.6 Å². The molecule has 31 heavy (non-hydrogen) atoms. The zero-order chi connectivity index (χ0) is 21.2. The number of thiazole rings is 1. The zero-order valence-corrected chi connectivity index (χ0v) is 18.1. The van der Waals surface area contributed by atoms with Crippen LogP contribution in [0.1, 0.15) is 35.1 Å². The van der Waals surface area contributed by atoms with Crippen LogP contribution in [0.2, 0.25) is 5.02 Å². The van der Waals surface area contributed by atoms with Crippen molar-refractivity contribution in [2.24, 2.45) is 0 Å². The van der Waals surface area contributed by atoms with Crippen molar-refractivity contribution in [3.05, 3.63) is 75.2 Å². The highest BCUT2D eigenvalue weighted by Crippen LogP contribution is 2.36. The Morgan fingerprint density at radius 1 is 1.19 bits per heavy atom. The number of hydrogen-bond donors (Lipinski definition) is 1. The van der Waals surface area contributed by atoms with Gasteiger partial charge in [-0.25, -0.2) is 9.67 Å². The fraction of sp³-hybridized carbons (Fsp3) is 0.227. The number of amides is 1. The lowest BCUT2D eigenvalue weighted by Crippen LogP contribution is -2.14. The minimum atomic E-state index is -0.112. The van der Waals surface area contributed by atoms with Crippen molar-refractivity contribution in [1.82, 2.24) is 25.2 Å². The van der Waals surface area contributed by atoms with Crippen LogP contribution >= 0.6 is 22.9 Å². The first-order valence-corrected chi connectivity index (χ1v) is 11.3. The first kappa shape index (κ1) is 19.8. The SMILES string of the molecule is O=C(Cc1csc(Cc2cccc(Cl)c2)n1)Nc1cccc(-c2nnnn2C2CC2)c1. The molecule has 5 rings (SSSR count). The number of tetrazole rings is 1. The lowest BCUT2D eigenvalue weighted by molar-refractivity contribution is -0.115. The summed E-state index contributed by atoms with van der Waals surface area (Å²) in [5.74, 6) is 0.613. The van der Waals surface area contributed by atoms with Crippen molar-refractivity contribution in [1.29, 1.82) is 0 Å². The maximum atomic E-state index is 12.6. The molecule has 1 saturated carbocycles. The highest BCUT2D eigenvalue weighted by molar-refractivity contribution is 7.09. The minimum Gasteiger partial charge on any atom is -0.326 e. The Hall–Kier alpha value is -3.10. The molecule has 0 spiro atoms. The van der Waals surface area contributed by atoms with E-state index in [9.17, 15) is 4.79 Å². The summed E-state index contributed by atoms with van der Waals surface area (Å²) in [6, 6.07) is 15.7. The molecule has 4 aromatic rings. The average molecular weight is 451 g/mol. The number of hydrogen-bond acceptors (Lipinski definition) is 6. The van der Waals surface area contributed by atoms with Crippen molar-refractivity contribution in [2.45, 2.75) is 31.7 Å². The topological polar surface area (TPSA) is 85.6 Å². The Kier molecular flexibility index (Phi) is 5.48. The summed E-state index contributed by atoms with van der Waals surface area (Å²) in [5.41, 5.74) is 3.45. The summed E-state index contributed by atoms with van der Waals surface area (Å²) in [6.07, 6.45) is 3.11. The highest BCUT2D eigenvalue weighted by Gasteiger charge is 2.28. The van der Waals surface area contributed by atoms with Gasteiger partial charge in [0, 0.05) is 28.1 Å². The molecule has 1 N–H and O–H groups in total. The Labute approximate surface area is 188 Å². The Morgan fingerprint density at radius 2 is 2.06 bits per heavy atom. The number of nitrogens with one attached hydrogen (secondary N) is 1. The lowest BCUT2D eigenvalue weighted by atomic mass is 10.1. The van der Waals surface area contributed by atoms with Crippen LogP contribution in [-0.2, 0) is 17.6 Å². The molecule has 1 amide bonds. The third kappa shape index (κ3) is 4.81. The van der Waals surface area contributed by atoms with Gasteiger partial charge in [0.2, 0.25) is 5.91 Å². The second-order valence-electron chi connectivity index (χ2n) is 7.52. The van der Waals surface area contributed by atoms with Crippen LogP contribution in [0.15, 0.2) is 53.9 Å². The van der Waals surface area contributed by atoms with Crippen molar-refractivity contribution in [2.75, 3.05) is 5.32 Å². The van der Waals surface area contributed by atoms with Crippen molar-refractivity contribution in [3.63, 3.8) is 0 Å². The normalized spacial score (nSPS) is 13.3. The molecule has 0 aliphatic heterocycles. The predicted octanol–water partition coefficient (Wildman–Crippen LogP) is 4.56. The smallest absolute Gasteiger partial charge is 0.230 e. The molecule has 1 aliphatic carbocycles. The van der Waals surface area contributed by atoms with Gasteiger partial charge in [-0.15, -0.1) is 16.4 Å². The predicted molar refractivity (Wildman–Crippen MR) is 120 cm³/mol. The second-order valence-corrected chi connectivity index (χ2v) is 8.90. The number of carbonyl (C=O) groups excluding carboxylic acids is 1. The van der Waals surface area contributed by atoms with Gasteiger partial charge in [0.05, 0.1) is 23.2 Å². The van der Waals surface area contributed by atoms with E-state index in [1.807, 2.05) is 58.6 Å². The van der Waals surface area contributed by atoms with Crippen molar-refractivity contribution in [3.8, 4) is 11.4 Å². The molecule has 0 atom stereocenters. The largest absolute Gasteiger partial charge is 0.326 e. The molecule has 2 aromatic heterocycles.